The molecule has 1 amide bonds. The number of hydrogen-bond donors (Lipinski definition) is 2. The highest BCUT2D eigenvalue weighted by molar-refractivity contribution is 5.98. The van der Waals surface area contributed by atoms with Gasteiger partial charge in [-0.2, -0.15) is 0 Å². The molecule has 0 aliphatic heterocycles. The summed E-state index contributed by atoms with van der Waals surface area (Å²) in [6.45, 7) is 2.76. The first-order valence-corrected chi connectivity index (χ1v) is 8.82. The van der Waals surface area contributed by atoms with E-state index in [1.165, 1.54) is 12.6 Å². The molecular formula is C20H26N2O3. The number of carbonyl (C=O) groups excluding carboxylic acids is 1. The smallest absolute Gasteiger partial charge is 0.350 e. The Bertz CT molecular complexity index is 738. The zero-order chi connectivity index (χ0) is 18.1. The van der Waals surface area contributed by atoms with Crippen LogP contribution >= 0.6 is 0 Å². The number of unbranched alkanes of at least 4 members (excludes halogenated alkanes) is 2. The van der Waals surface area contributed by atoms with Crippen LogP contribution in [0.15, 0.2) is 45.6 Å². The zero-order valence-corrected chi connectivity index (χ0v) is 14.9. The fraction of sp³-hybridized carbons (Fsp3) is 0.400. The summed E-state index contributed by atoms with van der Waals surface area (Å²) < 4.78 is 5.33. The van der Waals surface area contributed by atoms with Crippen LogP contribution in [-0.4, -0.2) is 19.5 Å². The number of rotatable bonds is 9. The first-order chi connectivity index (χ1) is 12.2. The Morgan fingerprint density at radius 2 is 1.88 bits per heavy atom. The monoisotopic (exact) mass is 342 g/mol. The van der Waals surface area contributed by atoms with Crippen LogP contribution in [0.1, 0.15) is 47.9 Å². The lowest BCUT2D eigenvalue weighted by Crippen LogP contribution is -2.27. The topological polar surface area (TPSA) is 71.3 Å². The van der Waals surface area contributed by atoms with E-state index in [0.717, 1.165) is 25.7 Å². The van der Waals surface area contributed by atoms with Crippen molar-refractivity contribution in [1.29, 1.82) is 0 Å². The number of anilines is 1. The molecule has 25 heavy (non-hydrogen) atoms. The first kappa shape index (κ1) is 18.8. The number of aryl methyl sites for hydroxylation is 1. The van der Waals surface area contributed by atoms with Gasteiger partial charge in [-0.3, -0.25) is 4.79 Å². The van der Waals surface area contributed by atoms with E-state index >= 15 is 0 Å². The predicted octanol–water partition coefficient (Wildman–Crippen LogP) is 3.39. The van der Waals surface area contributed by atoms with Crippen LogP contribution in [0.4, 0.5) is 5.69 Å². The van der Waals surface area contributed by atoms with Crippen molar-refractivity contribution in [3.63, 3.8) is 0 Å². The lowest BCUT2D eigenvalue weighted by atomic mass is 10.1. The minimum Gasteiger partial charge on any atom is -0.427 e. The van der Waals surface area contributed by atoms with E-state index in [1.807, 2.05) is 18.2 Å². The van der Waals surface area contributed by atoms with Crippen LogP contribution < -0.4 is 16.3 Å². The van der Waals surface area contributed by atoms with Crippen LogP contribution in [0, 0.1) is 0 Å². The molecule has 0 saturated heterocycles. The number of carbonyl (C=O) groups is 1. The molecule has 5 nitrogen and oxygen atoms in total. The van der Waals surface area contributed by atoms with E-state index in [0.29, 0.717) is 24.4 Å². The van der Waals surface area contributed by atoms with Gasteiger partial charge in [0, 0.05) is 26.1 Å². The molecule has 0 atom stereocenters. The van der Waals surface area contributed by atoms with Crippen LogP contribution in [0.25, 0.3) is 0 Å². The van der Waals surface area contributed by atoms with Gasteiger partial charge in [0.2, 0.25) is 0 Å². The third-order valence-corrected chi connectivity index (χ3v) is 4.06. The molecule has 2 rings (SSSR count). The second-order valence-electron chi connectivity index (χ2n) is 5.99. The summed E-state index contributed by atoms with van der Waals surface area (Å²) in [6.07, 6.45) is 4.65. The molecule has 0 aliphatic carbocycles. The number of nitrogens with one attached hydrogen (secondary N) is 2. The molecule has 0 radical (unpaired) electrons. The lowest BCUT2D eigenvalue weighted by Gasteiger charge is -2.12. The summed E-state index contributed by atoms with van der Waals surface area (Å²) in [5.41, 5.74) is 1.19. The van der Waals surface area contributed by atoms with E-state index in [-0.39, 0.29) is 5.56 Å². The molecule has 134 valence electrons. The summed E-state index contributed by atoms with van der Waals surface area (Å²) in [4.78, 5) is 24.3. The molecule has 1 heterocycles. The van der Waals surface area contributed by atoms with Gasteiger partial charge in [-0.05, 0) is 18.4 Å². The van der Waals surface area contributed by atoms with Gasteiger partial charge in [-0.25, -0.2) is 4.79 Å². The Hall–Kier alpha value is -2.56. The molecule has 0 fully saturated rings. The van der Waals surface area contributed by atoms with Gasteiger partial charge in [0.05, 0.1) is 5.69 Å². The van der Waals surface area contributed by atoms with Crippen molar-refractivity contribution in [3.05, 3.63) is 63.7 Å². The normalized spacial score (nSPS) is 10.5. The van der Waals surface area contributed by atoms with Crippen LogP contribution in [-0.2, 0) is 12.8 Å². The Balaban J connectivity index is 2.16. The fourth-order valence-corrected chi connectivity index (χ4v) is 2.68. The molecule has 0 aliphatic rings. The molecule has 2 N–H and O–H groups in total. The van der Waals surface area contributed by atoms with Gasteiger partial charge in [0.25, 0.3) is 5.91 Å². The quantitative estimate of drug-likeness (QED) is 0.685. The van der Waals surface area contributed by atoms with Crippen molar-refractivity contribution in [2.45, 2.75) is 39.0 Å². The fourth-order valence-electron chi connectivity index (χ4n) is 2.68. The Morgan fingerprint density at radius 1 is 1.12 bits per heavy atom. The minimum absolute atomic E-state index is 0.0369. The van der Waals surface area contributed by atoms with Gasteiger partial charge >= 0.3 is 5.63 Å². The van der Waals surface area contributed by atoms with E-state index < -0.39 is 11.5 Å². The number of benzene rings is 1. The highest BCUT2D eigenvalue weighted by atomic mass is 16.4. The van der Waals surface area contributed by atoms with Gasteiger partial charge in [-0.15, -0.1) is 0 Å². The van der Waals surface area contributed by atoms with Crippen molar-refractivity contribution in [3.8, 4) is 0 Å². The standard InChI is InChI=1S/C20H26N2O3/c1-3-4-6-11-16-14-17(18(19(23)21-2)20(24)25-16)22-13-12-15-9-7-5-8-10-15/h5,7-10,14,22H,3-4,6,11-13H2,1-2H3,(H,21,23). The molecular weight excluding hydrogens is 316 g/mol. The Morgan fingerprint density at radius 3 is 2.56 bits per heavy atom. The van der Waals surface area contributed by atoms with Crippen molar-refractivity contribution >= 4 is 11.6 Å². The predicted molar refractivity (Wildman–Crippen MR) is 100 cm³/mol. The van der Waals surface area contributed by atoms with Crippen molar-refractivity contribution in [2.24, 2.45) is 0 Å². The zero-order valence-electron chi connectivity index (χ0n) is 14.9. The Labute approximate surface area is 148 Å². The minimum atomic E-state index is -0.587. The lowest BCUT2D eigenvalue weighted by molar-refractivity contribution is 0.0959. The summed E-state index contributed by atoms with van der Waals surface area (Å²) in [7, 11) is 1.50. The maximum atomic E-state index is 12.3. The summed E-state index contributed by atoms with van der Waals surface area (Å²) in [5.74, 6) is 0.185. The molecule has 1 aromatic heterocycles. The van der Waals surface area contributed by atoms with Gasteiger partial charge < -0.3 is 15.1 Å². The second kappa shape index (κ2) is 9.67. The third-order valence-electron chi connectivity index (χ3n) is 4.06. The van der Waals surface area contributed by atoms with Crippen LogP contribution in [0.2, 0.25) is 0 Å². The van der Waals surface area contributed by atoms with Gasteiger partial charge in [0.15, 0.2) is 0 Å². The molecule has 5 heteroatoms. The maximum absolute atomic E-state index is 12.3. The second-order valence-corrected chi connectivity index (χ2v) is 5.99. The van der Waals surface area contributed by atoms with Crippen LogP contribution in [0.5, 0.6) is 0 Å². The van der Waals surface area contributed by atoms with E-state index in [4.69, 9.17) is 4.42 Å². The molecule has 0 spiro atoms. The van der Waals surface area contributed by atoms with Crippen LogP contribution in [0.3, 0.4) is 0 Å². The van der Waals surface area contributed by atoms with Crippen molar-refractivity contribution in [2.75, 3.05) is 18.9 Å². The van der Waals surface area contributed by atoms with E-state index in [1.54, 1.807) is 6.07 Å². The number of hydrogen-bond acceptors (Lipinski definition) is 4. The molecule has 0 saturated carbocycles. The Kier molecular flexibility index (Phi) is 7.26. The SMILES string of the molecule is CCCCCc1cc(NCCc2ccccc2)c(C(=O)NC)c(=O)o1. The number of amides is 1. The first-order valence-electron chi connectivity index (χ1n) is 8.82. The summed E-state index contributed by atoms with van der Waals surface area (Å²) in [6, 6.07) is 11.9. The molecule has 1 aromatic carbocycles. The maximum Gasteiger partial charge on any atom is 0.350 e. The van der Waals surface area contributed by atoms with E-state index in [9.17, 15) is 9.59 Å². The third kappa shape index (κ3) is 5.48. The molecule has 0 unspecified atom stereocenters. The van der Waals surface area contributed by atoms with Crippen molar-refractivity contribution in [1.82, 2.24) is 5.32 Å². The average molecular weight is 342 g/mol. The van der Waals surface area contributed by atoms with Gasteiger partial charge in [-0.1, -0.05) is 50.1 Å². The summed E-state index contributed by atoms with van der Waals surface area (Å²) in [5, 5.41) is 5.73. The van der Waals surface area contributed by atoms with E-state index in [2.05, 4.69) is 29.7 Å². The average Bonchev–Trinajstić information content (AvgIpc) is 2.62. The highest BCUT2D eigenvalue weighted by Gasteiger charge is 2.18. The van der Waals surface area contributed by atoms with Gasteiger partial charge in [0.1, 0.15) is 11.3 Å². The molecule has 2 aromatic rings. The van der Waals surface area contributed by atoms with Crippen molar-refractivity contribution < 1.29 is 9.21 Å². The molecule has 0 bridgehead atoms. The highest BCUT2D eigenvalue weighted by Crippen LogP contribution is 2.16. The summed E-state index contributed by atoms with van der Waals surface area (Å²) >= 11 is 0. The largest absolute Gasteiger partial charge is 0.427 e.